The second-order valence-electron chi connectivity index (χ2n) is 5.03. The Labute approximate surface area is 142 Å². The Balaban J connectivity index is 2.79. The van der Waals surface area contributed by atoms with Gasteiger partial charge in [-0.15, -0.1) is 0 Å². The number of amides is 2. The van der Waals surface area contributed by atoms with Crippen LogP contribution in [0.15, 0.2) is 18.2 Å². The van der Waals surface area contributed by atoms with E-state index in [2.05, 4.69) is 10.6 Å². The summed E-state index contributed by atoms with van der Waals surface area (Å²) in [4.78, 5) is 26.0. The Kier molecular flexibility index (Phi) is 7.85. The summed E-state index contributed by atoms with van der Waals surface area (Å²) in [5, 5.41) is 6.03. The first-order valence-corrected chi connectivity index (χ1v) is 7.95. The number of hydrogen-bond acceptors (Lipinski definition) is 4. The van der Waals surface area contributed by atoms with Crippen molar-refractivity contribution < 1.29 is 14.3 Å². The molecule has 23 heavy (non-hydrogen) atoms. The molecule has 0 heterocycles. The van der Waals surface area contributed by atoms with Crippen molar-refractivity contribution in [3.63, 3.8) is 0 Å². The first-order chi connectivity index (χ1) is 10.9. The average Bonchev–Trinajstić information content (AvgIpc) is 2.52. The number of carbonyl (C=O) groups is 2. The van der Waals surface area contributed by atoms with Crippen LogP contribution in [0.5, 0.6) is 5.75 Å². The molecule has 2 amide bonds. The lowest BCUT2D eigenvalue weighted by Crippen LogP contribution is -2.46. The lowest BCUT2D eigenvalue weighted by molar-refractivity contribution is -0.125. The fourth-order valence-corrected chi connectivity index (χ4v) is 2.31. The molecule has 2 N–H and O–H groups in total. The van der Waals surface area contributed by atoms with Gasteiger partial charge in [0.15, 0.2) is 0 Å². The molecule has 0 aromatic heterocycles. The van der Waals surface area contributed by atoms with Gasteiger partial charge in [0.2, 0.25) is 11.8 Å². The fourth-order valence-electron chi connectivity index (χ4n) is 2.14. The predicted octanol–water partition coefficient (Wildman–Crippen LogP) is 2.13. The molecule has 128 valence electrons. The molecule has 0 spiro atoms. The van der Waals surface area contributed by atoms with E-state index in [0.29, 0.717) is 29.5 Å². The summed E-state index contributed by atoms with van der Waals surface area (Å²) in [6.45, 7) is 6.84. The molecule has 0 unspecified atom stereocenters. The van der Waals surface area contributed by atoms with Gasteiger partial charge in [-0.1, -0.05) is 18.5 Å². The highest BCUT2D eigenvalue weighted by molar-refractivity contribution is 6.31. The van der Waals surface area contributed by atoms with Crippen molar-refractivity contribution in [1.82, 2.24) is 10.2 Å². The van der Waals surface area contributed by atoms with E-state index in [1.54, 1.807) is 30.0 Å². The van der Waals surface area contributed by atoms with E-state index >= 15 is 0 Å². The van der Waals surface area contributed by atoms with Gasteiger partial charge >= 0.3 is 0 Å². The van der Waals surface area contributed by atoms with Crippen LogP contribution in [0.4, 0.5) is 5.69 Å². The standard InChI is InChI=1S/C16H24ClN3O3/c1-5-18-15(21)10-20(6-2)11(3)16(22)19-13-9-12(17)7-8-14(13)23-4/h7-9,11H,5-6,10H2,1-4H3,(H,18,21)(H,19,22)/t11-/m1/s1. The average molecular weight is 342 g/mol. The van der Waals surface area contributed by atoms with Gasteiger partial charge in [-0.05, 0) is 38.6 Å². The quantitative estimate of drug-likeness (QED) is 0.760. The van der Waals surface area contributed by atoms with Crippen LogP contribution in [0.25, 0.3) is 0 Å². The molecule has 0 fully saturated rings. The molecule has 0 aliphatic carbocycles. The zero-order valence-electron chi connectivity index (χ0n) is 14.0. The van der Waals surface area contributed by atoms with E-state index in [1.807, 2.05) is 13.8 Å². The van der Waals surface area contributed by atoms with Crippen molar-refractivity contribution in [2.75, 3.05) is 32.1 Å². The third-order valence-electron chi connectivity index (χ3n) is 3.47. The number of benzene rings is 1. The summed E-state index contributed by atoms with van der Waals surface area (Å²) in [5.74, 6) is 0.202. The maximum atomic E-state index is 12.4. The van der Waals surface area contributed by atoms with Gasteiger partial charge in [-0.2, -0.15) is 0 Å². The van der Waals surface area contributed by atoms with Crippen LogP contribution in [0.3, 0.4) is 0 Å². The molecular weight excluding hydrogens is 318 g/mol. The number of halogens is 1. The normalized spacial score (nSPS) is 11.9. The molecule has 0 saturated carbocycles. The molecule has 1 atom stereocenters. The van der Waals surface area contributed by atoms with E-state index in [4.69, 9.17) is 16.3 Å². The molecule has 7 heteroatoms. The molecule has 1 rings (SSSR count). The molecule has 0 aliphatic rings. The molecule has 0 aliphatic heterocycles. The maximum absolute atomic E-state index is 12.4. The zero-order chi connectivity index (χ0) is 17.4. The number of methoxy groups -OCH3 is 1. The minimum atomic E-state index is -0.466. The Morgan fingerprint density at radius 3 is 2.61 bits per heavy atom. The number of nitrogens with one attached hydrogen (secondary N) is 2. The third kappa shape index (κ3) is 5.73. The van der Waals surface area contributed by atoms with E-state index < -0.39 is 6.04 Å². The van der Waals surface area contributed by atoms with Gasteiger partial charge in [0, 0.05) is 11.6 Å². The van der Waals surface area contributed by atoms with Crippen molar-refractivity contribution >= 4 is 29.1 Å². The summed E-state index contributed by atoms with van der Waals surface area (Å²) >= 11 is 5.96. The molecule has 0 radical (unpaired) electrons. The van der Waals surface area contributed by atoms with Crippen LogP contribution in [-0.2, 0) is 9.59 Å². The number of carbonyl (C=O) groups excluding carboxylic acids is 2. The summed E-state index contributed by atoms with van der Waals surface area (Å²) in [6, 6.07) is 4.54. The predicted molar refractivity (Wildman–Crippen MR) is 92.0 cm³/mol. The van der Waals surface area contributed by atoms with Gasteiger partial charge < -0.3 is 15.4 Å². The summed E-state index contributed by atoms with van der Waals surface area (Å²) in [5.41, 5.74) is 0.505. The van der Waals surface area contributed by atoms with Crippen molar-refractivity contribution in [2.45, 2.75) is 26.8 Å². The van der Waals surface area contributed by atoms with E-state index in [0.717, 1.165) is 0 Å². The SMILES string of the molecule is CCNC(=O)CN(CC)[C@H](C)C(=O)Nc1cc(Cl)ccc1OC. The van der Waals surface area contributed by atoms with E-state index in [-0.39, 0.29) is 18.4 Å². The third-order valence-corrected chi connectivity index (χ3v) is 3.71. The highest BCUT2D eigenvalue weighted by Gasteiger charge is 2.23. The minimum absolute atomic E-state index is 0.102. The topological polar surface area (TPSA) is 70.7 Å². The summed E-state index contributed by atoms with van der Waals surface area (Å²) in [6.07, 6.45) is 0. The van der Waals surface area contributed by atoms with Gasteiger partial charge in [-0.3, -0.25) is 14.5 Å². The Bertz CT molecular complexity index is 551. The van der Waals surface area contributed by atoms with Crippen molar-refractivity contribution in [2.24, 2.45) is 0 Å². The number of rotatable bonds is 8. The second kappa shape index (κ2) is 9.37. The van der Waals surface area contributed by atoms with Crippen molar-refractivity contribution in [1.29, 1.82) is 0 Å². The zero-order valence-corrected chi connectivity index (χ0v) is 14.7. The smallest absolute Gasteiger partial charge is 0.241 e. The lowest BCUT2D eigenvalue weighted by atomic mass is 10.2. The van der Waals surface area contributed by atoms with Crippen LogP contribution in [0.1, 0.15) is 20.8 Å². The molecule has 1 aromatic carbocycles. The Morgan fingerprint density at radius 2 is 2.04 bits per heavy atom. The van der Waals surface area contributed by atoms with E-state index in [1.165, 1.54) is 7.11 Å². The Hall–Kier alpha value is -1.79. The van der Waals surface area contributed by atoms with Gasteiger partial charge in [0.05, 0.1) is 25.4 Å². The number of nitrogens with zero attached hydrogens (tertiary/aromatic N) is 1. The molecule has 0 bridgehead atoms. The Morgan fingerprint density at radius 1 is 1.35 bits per heavy atom. The monoisotopic (exact) mass is 341 g/mol. The van der Waals surface area contributed by atoms with Crippen LogP contribution in [0.2, 0.25) is 5.02 Å². The number of likely N-dealkylation sites (N-methyl/N-ethyl adjacent to an activating group) is 2. The number of ether oxygens (including phenoxy) is 1. The molecule has 0 saturated heterocycles. The van der Waals surface area contributed by atoms with Gasteiger partial charge in [0.25, 0.3) is 0 Å². The van der Waals surface area contributed by atoms with Crippen molar-refractivity contribution in [3.8, 4) is 5.75 Å². The summed E-state index contributed by atoms with van der Waals surface area (Å²) in [7, 11) is 1.52. The van der Waals surface area contributed by atoms with E-state index in [9.17, 15) is 9.59 Å². The van der Waals surface area contributed by atoms with Gasteiger partial charge in [-0.25, -0.2) is 0 Å². The van der Waals surface area contributed by atoms with Gasteiger partial charge in [0.1, 0.15) is 5.75 Å². The molecule has 6 nitrogen and oxygen atoms in total. The highest BCUT2D eigenvalue weighted by Crippen LogP contribution is 2.27. The first-order valence-electron chi connectivity index (χ1n) is 7.58. The number of anilines is 1. The first kappa shape index (κ1) is 19.3. The number of hydrogen-bond donors (Lipinski definition) is 2. The highest BCUT2D eigenvalue weighted by atomic mass is 35.5. The maximum Gasteiger partial charge on any atom is 0.241 e. The van der Waals surface area contributed by atoms with Crippen LogP contribution >= 0.6 is 11.6 Å². The van der Waals surface area contributed by atoms with Crippen LogP contribution in [0, 0.1) is 0 Å². The lowest BCUT2D eigenvalue weighted by Gasteiger charge is -2.26. The van der Waals surface area contributed by atoms with Crippen molar-refractivity contribution in [3.05, 3.63) is 23.2 Å². The second-order valence-corrected chi connectivity index (χ2v) is 5.46. The summed E-state index contributed by atoms with van der Waals surface area (Å²) < 4.78 is 5.21. The van der Waals surface area contributed by atoms with Crippen LogP contribution < -0.4 is 15.4 Å². The minimum Gasteiger partial charge on any atom is -0.495 e. The largest absolute Gasteiger partial charge is 0.495 e. The fraction of sp³-hybridized carbons (Fsp3) is 0.500. The van der Waals surface area contributed by atoms with Crippen LogP contribution in [-0.4, -0.2) is 49.5 Å². The molecule has 1 aromatic rings. The molecular formula is C16H24ClN3O3.